The first-order chi connectivity index (χ1) is 10.6. The van der Waals surface area contributed by atoms with E-state index in [-0.39, 0.29) is 11.9 Å². The fourth-order valence-electron chi connectivity index (χ4n) is 3.16. The monoisotopic (exact) mass is 306 g/mol. The number of hydrogen-bond donors (Lipinski definition) is 1. The number of ether oxygens (including phenoxy) is 3. The van der Waals surface area contributed by atoms with Crippen molar-refractivity contribution in [1.82, 2.24) is 4.90 Å². The molecule has 2 aliphatic heterocycles. The van der Waals surface area contributed by atoms with Crippen LogP contribution in [-0.2, 0) is 0 Å². The maximum atomic E-state index is 12.8. The maximum absolute atomic E-state index is 12.8. The van der Waals surface area contributed by atoms with Crippen molar-refractivity contribution in [3.05, 3.63) is 17.7 Å². The van der Waals surface area contributed by atoms with Crippen molar-refractivity contribution in [3.8, 4) is 17.2 Å². The molecule has 0 spiro atoms. The van der Waals surface area contributed by atoms with Gasteiger partial charge in [0, 0.05) is 18.2 Å². The molecular formula is C16H22N2O4. The van der Waals surface area contributed by atoms with Crippen LogP contribution in [0.1, 0.15) is 23.7 Å². The largest absolute Gasteiger partial charge is 0.493 e. The standard InChI is InChI=1S/C16H22N2O4/c1-10-5-11(8-17)9-18(10)16(19)12-6-13(20-2)15-14(7-12)21-3-4-22-15/h6-7,10-11H,3-5,8-9,17H2,1-2H3. The lowest BCUT2D eigenvalue weighted by atomic mass is 10.1. The molecule has 2 atom stereocenters. The van der Waals surface area contributed by atoms with Crippen molar-refractivity contribution in [1.29, 1.82) is 0 Å². The predicted molar refractivity (Wildman–Crippen MR) is 81.6 cm³/mol. The van der Waals surface area contributed by atoms with E-state index < -0.39 is 0 Å². The van der Waals surface area contributed by atoms with Gasteiger partial charge >= 0.3 is 0 Å². The van der Waals surface area contributed by atoms with Crippen molar-refractivity contribution >= 4 is 5.91 Å². The maximum Gasteiger partial charge on any atom is 0.254 e. The van der Waals surface area contributed by atoms with E-state index in [0.717, 1.165) is 6.42 Å². The van der Waals surface area contributed by atoms with Crippen LogP contribution in [0.15, 0.2) is 12.1 Å². The summed E-state index contributed by atoms with van der Waals surface area (Å²) in [7, 11) is 1.56. The summed E-state index contributed by atoms with van der Waals surface area (Å²) >= 11 is 0. The molecule has 0 saturated carbocycles. The number of likely N-dealkylation sites (tertiary alicyclic amines) is 1. The Bertz CT molecular complexity index is 558. The summed E-state index contributed by atoms with van der Waals surface area (Å²) in [6, 6.07) is 3.65. The molecule has 0 bridgehead atoms. The van der Waals surface area contributed by atoms with E-state index in [0.29, 0.717) is 55.0 Å². The summed E-state index contributed by atoms with van der Waals surface area (Å²) in [5, 5.41) is 0. The van der Waals surface area contributed by atoms with Crippen molar-refractivity contribution in [2.24, 2.45) is 11.7 Å². The first kappa shape index (κ1) is 15.0. The van der Waals surface area contributed by atoms with Gasteiger partial charge in [-0.1, -0.05) is 0 Å². The van der Waals surface area contributed by atoms with Gasteiger partial charge in [-0.25, -0.2) is 0 Å². The number of nitrogens with zero attached hydrogens (tertiary/aromatic N) is 1. The Morgan fingerprint density at radius 3 is 2.86 bits per heavy atom. The second kappa shape index (κ2) is 6.04. The molecule has 2 unspecified atom stereocenters. The summed E-state index contributed by atoms with van der Waals surface area (Å²) in [4.78, 5) is 14.7. The fraction of sp³-hybridized carbons (Fsp3) is 0.562. The van der Waals surface area contributed by atoms with Gasteiger partial charge in [-0.15, -0.1) is 0 Å². The molecule has 1 aromatic carbocycles. The first-order valence-electron chi connectivity index (χ1n) is 7.62. The van der Waals surface area contributed by atoms with Crippen LogP contribution < -0.4 is 19.9 Å². The van der Waals surface area contributed by atoms with E-state index in [4.69, 9.17) is 19.9 Å². The average molecular weight is 306 g/mol. The number of benzene rings is 1. The predicted octanol–water partition coefficient (Wildman–Crippen LogP) is 1.28. The quantitative estimate of drug-likeness (QED) is 0.910. The number of methoxy groups -OCH3 is 1. The lowest BCUT2D eigenvalue weighted by Crippen LogP contribution is -2.34. The molecule has 6 nitrogen and oxygen atoms in total. The van der Waals surface area contributed by atoms with Crippen LogP contribution >= 0.6 is 0 Å². The zero-order chi connectivity index (χ0) is 15.7. The molecule has 120 valence electrons. The van der Waals surface area contributed by atoms with Gasteiger partial charge in [0.05, 0.1) is 7.11 Å². The molecule has 22 heavy (non-hydrogen) atoms. The van der Waals surface area contributed by atoms with Crippen LogP contribution in [0.25, 0.3) is 0 Å². The van der Waals surface area contributed by atoms with Crippen molar-refractivity contribution in [3.63, 3.8) is 0 Å². The van der Waals surface area contributed by atoms with E-state index >= 15 is 0 Å². The molecule has 1 aromatic rings. The summed E-state index contributed by atoms with van der Waals surface area (Å²) in [6.45, 7) is 4.33. The fourth-order valence-corrected chi connectivity index (χ4v) is 3.16. The topological polar surface area (TPSA) is 74.0 Å². The van der Waals surface area contributed by atoms with E-state index in [9.17, 15) is 4.79 Å². The summed E-state index contributed by atoms with van der Waals surface area (Å²) in [5.41, 5.74) is 6.30. The van der Waals surface area contributed by atoms with E-state index in [2.05, 4.69) is 6.92 Å². The van der Waals surface area contributed by atoms with Crippen LogP contribution in [0.4, 0.5) is 0 Å². The van der Waals surface area contributed by atoms with Gasteiger partial charge in [0.1, 0.15) is 13.2 Å². The number of fused-ring (bicyclic) bond motifs is 1. The van der Waals surface area contributed by atoms with E-state index in [1.165, 1.54) is 0 Å². The third-order valence-electron chi connectivity index (χ3n) is 4.33. The van der Waals surface area contributed by atoms with Gasteiger partial charge in [0.15, 0.2) is 11.5 Å². The van der Waals surface area contributed by atoms with Crippen LogP contribution in [-0.4, -0.2) is 50.3 Å². The zero-order valence-electron chi connectivity index (χ0n) is 13.0. The molecular weight excluding hydrogens is 284 g/mol. The summed E-state index contributed by atoms with van der Waals surface area (Å²) in [6.07, 6.45) is 0.948. The minimum Gasteiger partial charge on any atom is -0.493 e. The van der Waals surface area contributed by atoms with Crippen LogP contribution in [0, 0.1) is 5.92 Å². The Morgan fingerprint density at radius 2 is 2.18 bits per heavy atom. The Kier molecular flexibility index (Phi) is 4.11. The SMILES string of the molecule is COc1cc(C(=O)N2CC(CN)CC2C)cc2c1OCCO2. The molecule has 0 radical (unpaired) electrons. The minimum atomic E-state index is -0.0151. The normalized spacial score (nSPS) is 23.5. The van der Waals surface area contributed by atoms with Gasteiger partial charge in [0.2, 0.25) is 5.75 Å². The highest BCUT2D eigenvalue weighted by Gasteiger charge is 2.33. The number of carbonyl (C=O) groups excluding carboxylic acids is 1. The second-order valence-electron chi connectivity index (χ2n) is 5.85. The van der Waals surface area contributed by atoms with Gasteiger partial charge in [-0.05, 0) is 37.9 Å². The van der Waals surface area contributed by atoms with Crippen LogP contribution in [0.5, 0.6) is 17.2 Å². The molecule has 1 amide bonds. The molecule has 1 fully saturated rings. The Labute approximate surface area is 130 Å². The van der Waals surface area contributed by atoms with E-state index in [1.54, 1.807) is 19.2 Å². The molecule has 2 heterocycles. The highest BCUT2D eigenvalue weighted by atomic mass is 16.6. The Hall–Kier alpha value is -1.95. The number of amides is 1. The first-order valence-corrected chi connectivity index (χ1v) is 7.62. The van der Waals surface area contributed by atoms with Gasteiger partial charge in [-0.3, -0.25) is 4.79 Å². The average Bonchev–Trinajstić information content (AvgIpc) is 2.94. The summed E-state index contributed by atoms with van der Waals surface area (Å²) in [5.74, 6) is 2.02. The van der Waals surface area contributed by atoms with Crippen molar-refractivity contribution in [2.45, 2.75) is 19.4 Å². The molecule has 0 aliphatic carbocycles. The van der Waals surface area contributed by atoms with Gasteiger partial charge in [0.25, 0.3) is 5.91 Å². The highest BCUT2D eigenvalue weighted by Crippen LogP contribution is 2.41. The third kappa shape index (κ3) is 2.59. The number of carbonyl (C=O) groups is 1. The minimum absolute atomic E-state index is 0.0151. The summed E-state index contributed by atoms with van der Waals surface area (Å²) < 4.78 is 16.5. The number of rotatable bonds is 3. The smallest absolute Gasteiger partial charge is 0.254 e. The van der Waals surface area contributed by atoms with Crippen molar-refractivity contribution in [2.75, 3.05) is 33.4 Å². The van der Waals surface area contributed by atoms with Gasteiger partial charge in [-0.2, -0.15) is 0 Å². The van der Waals surface area contributed by atoms with Crippen LogP contribution in [0.3, 0.4) is 0 Å². The van der Waals surface area contributed by atoms with E-state index in [1.807, 2.05) is 4.90 Å². The second-order valence-corrected chi connectivity index (χ2v) is 5.85. The molecule has 3 rings (SSSR count). The highest BCUT2D eigenvalue weighted by molar-refractivity contribution is 5.96. The Balaban J connectivity index is 1.89. The van der Waals surface area contributed by atoms with Crippen molar-refractivity contribution < 1.29 is 19.0 Å². The number of hydrogen-bond acceptors (Lipinski definition) is 5. The third-order valence-corrected chi connectivity index (χ3v) is 4.33. The Morgan fingerprint density at radius 1 is 1.41 bits per heavy atom. The molecule has 0 aromatic heterocycles. The molecule has 1 saturated heterocycles. The molecule has 2 aliphatic rings. The van der Waals surface area contributed by atoms with Gasteiger partial charge < -0.3 is 24.8 Å². The zero-order valence-corrected chi connectivity index (χ0v) is 13.0. The lowest BCUT2D eigenvalue weighted by Gasteiger charge is -2.24. The molecule has 6 heteroatoms. The van der Waals surface area contributed by atoms with Crippen LogP contribution in [0.2, 0.25) is 0 Å². The molecule has 2 N–H and O–H groups in total. The number of nitrogens with two attached hydrogens (primary N) is 1. The lowest BCUT2D eigenvalue weighted by molar-refractivity contribution is 0.0741.